The lowest BCUT2D eigenvalue weighted by Gasteiger charge is -2.37. The van der Waals surface area contributed by atoms with Gasteiger partial charge in [0, 0.05) is 11.6 Å². The number of hydrogen-bond acceptors (Lipinski definition) is 6. The highest BCUT2D eigenvalue weighted by molar-refractivity contribution is 7.11. The van der Waals surface area contributed by atoms with Crippen LogP contribution in [0.15, 0.2) is 29.8 Å². The molecule has 0 atom stereocenters. The Morgan fingerprint density at radius 2 is 1.92 bits per heavy atom. The second-order valence-electron chi connectivity index (χ2n) is 7.37. The number of thiazole rings is 1. The lowest BCUT2D eigenvalue weighted by Crippen LogP contribution is -2.44. The number of rotatable bonds is 6. The van der Waals surface area contributed by atoms with E-state index in [1.165, 1.54) is 23.6 Å². The Morgan fingerprint density at radius 1 is 1.24 bits per heavy atom. The van der Waals surface area contributed by atoms with Gasteiger partial charge in [0.15, 0.2) is 16.6 Å². The van der Waals surface area contributed by atoms with Gasteiger partial charge >= 0.3 is 0 Å². The summed E-state index contributed by atoms with van der Waals surface area (Å²) in [5, 5.41) is 12.1. The van der Waals surface area contributed by atoms with Crippen LogP contribution in [0.25, 0.3) is 0 Å². The zero-order chi connectivity index (χ0) is 18.8. The zero-order valence-corrected chi connectivity index (χ0v) is 16.9. The molecular weight excluding hydrogens is 354 g/mol. The molecule has 0 amide bonds. The number of Topliss-reactive ketones (excluding diaryl/α,β-unsaturated/α-hetero) is 2. The number of hydrogen-bond donors (Lipinski definition) is 1. The number of nitrogens with zero attached hydrogens (tertiary/aromatic N) is 1. The van der Waals surface area contributed by atoms with Crippen LogP contribution in [0.5, 0.6) is 11.5 Å². The summed E-state index contributed by atoms with van der Waals surface area (Å²) < 4.78 is 6.21. The first-order valence-corrected chi connectivity index (χ1v) is 11.8. The molecule has 1 heterocycles. The Balaban J connectivity index is 2.31. The summed E-state index contributed by atoms with van der Waals surface area (Å²) in [4.78, 5) is 28.8. The number of benzene rings is 1. The zero-order valence-electron chi connectivity index (χ0n) is 15.1. The molecule has 7 heteroatoms. The maximum atomic E-state index is 12.7. The number of phenols is 1. The van der Waals surface area contributed by atoms with Gasteiger partial charge in [-0.1, -0.05) is 26.8 Å². The monoisotopic (exact) mass is 377 g/mol. The van der Waals surface area contributed by atoms with E-state index in [2.05, 4.69) is 38.8 Å². The first-order chi connectivity index (χ1) is 11.5. The predicted octanol–water partition coefficient (Wildman–Crippen LogP) is 4.69. The van der Waals surface area contributed by atoms with E-state index in [4.69, 9.17) is 4.43 Å². The van der Waals surface area contributed by atoms with E-state index in [1.54, 1.807) is 17.5 Å². The minimum atomic E-state index is -2.20. The quantitative estimate of drug-likeness (QED) is 0.449. The molecule has 0 aliphatic rings. The van der Waals surface area contributed by atoms with Gasteiger partial charge in [-0.3, -0.25) is 9.59 Å². The molecule has 0 saturated carbocycles. The number of aromatic hydroxyl groups is 1. The van der Waals surface area contributed by atoms with Gasteiger partial charge in [0.2, 0.25) is 0 Å². The van der Waals surface area contributed by atoms with E-state index >= 15 is 0 Å². The third-order valence-corrected chi connectivity index (χ3v) is 9.60. The summed E-state index contributed by atoms with van der Waals surface area (Å²) in [6.45, 7) is 10.4. The van der Waals surface area contributed by atoms with Crippen LogP contribution >= 0.6 is 11.3 Å². The van der Waals surface area contributed by atoms with Crippen molar-refractivity contribution in [3.8, 4) is 11.5 Å². The second-order valence-corrected chi connectivity index (χ2v) is 13.0. The summed E-state index contributed by atoms with van der Waals surface area (Å²) in [6, 6.07) is 4.73. The van der Waals surface area contributed by atoms with Gasteiger partial charge in [-0.05, 0) is 30.3 Å². The average Bonchev–Trinajstić information content (AvgIpc) is 2.99. The van der Waals surface area contributed by atoms with Crippen LogP contribution in [0.2, 0.25) is 18.1 Å². The predicted molar refractivity (Wildman–Crippen MR) is 101 cm³/mol. The molecule has 0 spiro atoms. The van der Waals surface area contributed by atoms with Crippen molar-refractivity contribution < 1.29 is 19.1 Å². The molecule has 2 aromatic rings. The SMILES string of the molecule is CC(C)(C)[Si](C)(C)Oc1cccc(O)c1C(=O)CC(=O)c1nccs1. The van der Waals surface area contributed by atoms with Gasteiger partial charge in [0.1, 0.15) is 17.1 Å². The average molecular weight is 378 g/mol. The Kier molecular flexibility index (Phi) is 5.48. The van der Waals surface area contributed by atoms with E-state index in [9.17, 15) is 14.7 Å². The summed E-state index contributed by atoms with van der Waals surface area (Å²) in [7, 11) is -2.20. The molecule has 0 fully saturated rings. The maximum Gasteiger partial charge on any atom is 0.250 e. The molecule has 1 N–H and O–H groups in total. The minimum Gasteiger partial charge on any atom is -0.543 e. The first kappa shape index (κ1) is 19.3. The van der Waals surface area contributed by atoms with Crippen molar-refractivity contribution in [3.63, 3.8) is 0 Å². The van der Waals surface area contributed by atoms with Gasteiger partial charge in [0.05, 0.1) is 6.42 Å². The molecular formula is C18H23NO4SSi. The molecule has 0 unspecified atom stereocenters. The smallest absolute Gasteiger partial charge is 0.250 e. The number of carbonyl (C=O) groups is 2. The van der Waals surface area contributed by atoms with E-state index in [0.29, 0.717) is 5.75 Å². The molecule has 0 bridgehead atoms. The summed E-state index contributed by atoms with van der Waals surface area (Å²) in [5.41, 5.74) is 0.0669. The summed E-state index contributed by atoms with van der Waals surface area (Å²) in [5.74, 6) is -0.662. The minimum absolute atomic E-state index is 0.0600. The number of ketones is 2. The van der Waals surface area contributed by atoms with Crippen LogP contribution in [-0.2, 0) is 0 Å². The van der Waals surface area contributed by atoms with E-state index in [0.717, 1.165) is 0 Å². The Hall–Kier alpha value is -1.99. The standard InChI is InChI=1S/C18H23NO4SSi/c1-18(2,3)25(4,5)23-15-8-6-7-12(20)16(15)13(21)11-14(22)17-19-9-10-24-17/h6-10,20H,11H2,1-5H3. The Morgan fingerprint density at radius 3 is 2.48 bits per heavy atom. The number of aromatic nitrogens is 1. The van der Waals surface area contributed by atoms with Crippen molar-refractivity contribution in [1.29, 1.82) is 0 Å². The van der Waals surface area contributed by atoms with Gasteiger partial charge in [-0.2, -0.15) is 0 Å². The molecule has 5 nitrogen and oxygen atoms in total. The van der Waals surface area contributed by atoms with Crippen molar-refractivity contribution in [3.05, 3.63) is 40.3 Å². The highest BCUT2D eigenvalue weighted by Gasteiger charge is 2.40. The van der Waals surface area contributed by atoms with E-state index in [-0.39, 0.29) is 33.6 Å². The summed E-state index contributed by atoms with van der Waals surface area (Å²) >= 11 is 1.19. The van der Waals surface area contributed by atoms with Crippen molar-refractivity contribution in [2.75, 3.05) is 0 Å². The van der Waals surface area contributed by atoms with Crippen LogP contribution in [0, 0.1) is 0 Å². The lowest BCUT2D eigenvalue weighted by molar-refractivity contribution is 0.0892. The number of phenolic OH excluding ortho intramolecular Hbond substituents is 1. The fraction of sp³-hybridized carbons (Fsp3) is 0.389. The van der Waals surface area contributed by atoms with Gasteiger partial charge in [-0.15, -0.1) is 11.3 Å². The van der Waals surface area contributed by atoms with Gasteiger partial charge < -0.3 is 9.53 Å². The molecule has 0 radical (unpaired) electrons. The molecule has 0 saturated heterocycles. The fourth-order valence-electron chi connectivity index (χ4n) is 1.98. The molecule has 25 heavy (non-hydrogen) atoms. The van der Waals surface area contributed by atoms with Crippen LogP contribution in [0.1, 0.15) is 47.4 Å². The van der Waals surface area contributed by atoms with Crippen molar-refractivity contribution in [2.45, 2.75) is 45.3 Å². The van der Waals surface area contributed by atoms with Crippen LogP contribution in [0.4, 0.5) is 0 Å². The molecule has 0 aliphatic heterocycles. The van der Waals surface area contributed by atoms with Gasteiger partial charge in [0.25, 0.3) is 8.32 Å². The third-order valence-electron chi connectivity index (χ3n) is 4.45. The maximum absolute atomic E-state index is 12.7. The highest BCUT2D eigenvalue weighted by atomic mass is 32.1. The molecule has 2 rings (SSSR count). The molecule has 134 valence electrons. The molecule has 1 aromatic heterocycles. The molecule has 0 aliphatic carbocycles. The van der Waals surface area contributed by atoms with Crippen LogP contribution in [-0.4, -0.2) is 30.0 Å². The van der Waals surface area contributed by atoms with Gasteiger partial charge in [-0.25, -0.2) is 4.98 Å². The van der Waals surface area contributed by atoms with Crippen molar-refractivity contribution in [1.82, 2.24) is 4.98 Å². The highest BCUT2D eigenvalue weighted by Crippen LogP contribution is 2.39. The molecule has 1 aromatic carbocycles. The second kappa shape index (κ2) is 7.09. The number of carbonyl (C=O) groups excluding carboxylic acids is 2. The lowest BCUT2D eigenvalue weighted by atomic mass is 10.0. The van der Waals surface area contributed by atoms with E-state index < -0.39 is 14.1 Å². The normalized spacial score (nSPS) is 12.0. The topological polar surface area (TPSA) is 76.5 Å². The third kappa shape index (κ3) is 4.35. The van der Waals surface area contributed by atoms with Crippen molar-refractivity contribution >= 4 is 31.2 Å². The largest absolute Gasteiger partial charge is 0.543 e. The van der Waals surface area contributed by atoms with E-state index in [1.807, 2.05) is 0 Å². The van der Waals surface area contributed by atoms with Crippen LogP contribution < -0.4 is 4.43 Å². The fourth-order valence-corrected chi connectivity index (χ4v) is 3.59. The van der Waals surface area contributed by atoms with Crippen molar-refractivity contribution in [2.24, 2.45) is 0 Å². The first-order valence-electron chi connectivity index (χ1n) is 8.00. The Bertz CT molecular complexity index is 779. The summed E-state index contributed by atoms with van der Waals surface area (Å²) in [6.07, 6.45) is 1.17. The van der Waals surface area contributed by atoms with Crippen LogP contribution in [0.3, 0.4) is 0 Å². The Labute approximate surface area is 152 Å².